The van der Waals surface area contributed by atoms with Gasteiger partial charge in [-0.25, -0.2) is 0 Å². The van der Waals surface area contributed by atoms with Gasteiger partial charge in [0.05, 0.1) is 0 Å². The van der Waals surface area contributed by atoms with E-state index in [-0.39, 0.29) is 22.5 Å². The van der Waals surface area contributed by atoms with E-state index in [9.17, 15) is 9.59 Å². The van der Waals surface area contributed by atoms with E-state index in [2.05, 4.69) is 26.8 Å². The number of carbonyl (C=O) groups excluding carboxylic acids is 2. The summed E-state index contributed by atoms with van der Waals surface area (Å²) in [6.07, 6.45) is 9.78. The predicted molar refractivity (Wildman–Crippen MR) is 100.0 cm³/mol. The smallest absolute Gasteiger partial charge is 0.181 e. The lowest BCUT2D eigenvalue weighted by molar-refractivity contribution is -0.124. The Bertz CT molecular complexity index is 765. The van der Waals surface area contributed by atoms with E-state index in [0.29, 0.717) is 17.6 Å². The van der Waals surface area contributed by atoms with Crippen molar-refractivity contribution in [3.8, 4) is 0 Å². The van der Waals surface area contributed by atoms with E-state index in [1.807, 2.05) is 13.0 Å². The third-order valence-corrected chi connectivity index (χ3v) is 8.48. The van der Waals surface area contributed by atoms with Crippen LogP contribution in [0.2, 0.25) is 0 Å². The van der Waals surface area contributed by atoms with Gasteiger partial charge in [-0.1, -0.05) is 29.7 Å². The van der Waals surface area contributed by atoms with Gasteiger partial charge in [-0.05, 0) is 88.7 Å². The minimum atomic E-state index is -0.0729. The van der Waals surface area contributed by atoms with Crippen molar-refractivity contribution in [1.82, 2.24) is 0 Å². The molecule has 25 heavy (non-hydrogen) atoms. The van der Waals surface area contributed by atoms with Crippen molar-refractivity contribution >= 4 is 11.6 Å². The van der Waals surface area contributed by atoms with Crippen LogP contribution in [0.25, 0.3) is 0 Å². The number of ketones is 2. The molecule has 2 saturated carbocycles. The van der Waals surface area contributed by atoms with Crippen molar-refractivity contribution < 1.29 is 9.59 Å². The summed E-state index contributed by atoms with van der Waals surface area (Å²) in [5, 5.41) is 0. The Morgan fingerprint density at radius 1 is 1.16 bits per heavy atom. The van der Waals surface area contributed by atoms with Crippen molar-refractivity contribution in [1.29, 1.82) is 0 Å². The maximum atomic E-state index is 12.3. The maximum absolute atomic E-state index is 12.3. The average Bonchev–Trinajstić information content (AvgIpc) is 2.92. The van der Waals surface area contributed by atoms with Crippen LogP contribution < -0.4 is 0 Å². The Hall–Kier alpha value is -1.44. The lowest BCUT2D eigenvalue weighted by atomic mass is 9.50. The highest BCUT2D eigenvalue weighted by atomic mass is 16.1. The fourth-order valence-corrected chi connectivity index (χ4v) is 6.76. The highest BCUT2D eigenvalue weighted by Gasteiger charge is 2.57. The second kappa shape index (κ2) is 5.28. The molecule has 0 N–H and O–H groups in total. The Balaban J connectivity index is 1.81. The molecule has 2 heteroatoms. The molecule has 0 aromatic carbocycles. The number of hydrogen-bond donors (Lipinski definition) is 0. The molecule has 0 spiro atoms. The van der Waals surface area contributed by atoms with Crippen molar-refractivity contribution in [3.05, 3.63) is 34.4 Å². The number of carbonyl (C=O) groups is 2. The van der Waals surface area contributed by atoms with E-state index in [0.717, 1.165) is 31.3 Å². The molecule has 4 aliphatic carbocycles. The number of Topliss-reactive ketones (excluding diaryl/α,β-unsaturated/α-hetero) is 1. The average molecular weight is 338 g/mol. The lowest BCUT2D eigenvalue weighted by Gasteiger charge is -2.54. The quantitative estimate of drug-likeness (QED) is 0.616. The van der Waals surface area contributed by atoms with Crippen LogP contribution >= 0.6 is 0 Å². The standard InChI is InChI=1S/C23H30O2/c1-13-14(2)23(5)16(12-21(13)25)6-7-17-19-9-8-18(15(3)24)22(19,4)11-10-20(17)23/h10,12,17-19H,6-9,11H2,1-5H3/t17-,18-,19-,22+,23-/m0/s1. The minimum absolute atomic E-state index is 0.0729. The molecule has 2 nitrogen and oxygen atoms in total. The Labute approximate surface area is 151 Å². The van der Waals surface area contributed by atoms with Crippen LogP contribution in [0, 0.1) is 28.6 Å². The minimum Gasteiger partial charge on any atom is -0.300 e. The van der Waals surface area contributed by atoms with Gasteiger partial charge in [0, 0.05) is 11.3 Å². The van der Waals surface area contributed by atoms with E-state index in [4.69, 9.17) is 0 Å². The molecule has 134 valence electrons. The topological polar surface area (TPSA) is 34.1 Å². The predicted octanol–water partition coefficient (Wildman–Crippen LogP) is 5.20. The molecule has 5 atom stereocenters. The lowest BCUT2D eigenvalue weighted by Crippen LogP contribution is -2.45. The summed E-state index contributed by atoms with van der Waals surface area (Å²) in [7, 11) is 0. The molecule has 0 aromatic rings. The van der Waals surface area contributed by atoms with Gasteiger partial charge in [-0.15, -0.1) is 0 Å². The van der Waals surface area contributed by atoms with Gasteiger partial charge in [-0.2, -0.15) is 0 Å². The zero-order valence-electron chi connectivity index (χ0n) is 16.2. The van der Waals surface area contributed by atoms with Gasteiger partial charge in [0.15, 0.2) is 5.78 Å². The Kier molecular flexibility index (Phi) is 3.59. The first-order chi connectivity index (χ1) is 11.7. The third-order valence-electron chi connectivity index (χ3n) is 8.48. The Morgan fingerprint density at radius 2 is 1.88 bits per heavy atom. The highest BCUT2D eigenvalue weighted by Crippen LogP contribution is 2.65. The molecule has 0 amide bonds. The van der Waals surface area contributed by atoms with Gasteiger partial charge in [0.25, 0.3) is 0 Å². The second-order valence-electron chi connectivity index (χ2n) is 9.27. The molecule has 4 rings (SSSR count). The normalized spacial score (nSPS) is 43.1. The third kappa shape index (κ3) is 2.03. The van der Waals surface area contributed by atoms with Crippen molar-refractivity contribution in [2.75, 3.05) is 0 Å². The van der Waals surface area contributed by atoms with Crippen molar-refractivity contribution in [2.45, 2.75) is 66.7 Å². The van der Waals surface area contributed by atoms with Crippen LogP contribution in [0.3, 0.4) is 0 Å². The number of allylic oxidation sites excluding steroid dienone is 6. The largest absolute Gasteiger partial charge is 0.300 e. The summed E-state index contributed by atoms with van der Waals surface area (Å²) in [4.78, 5) is 24.5. The fourth-order valence-electron chi connectivity index (χ4n) is 6.76. The van der Waals surface area contributed by atoms with Crippen LogP contribution in [0.5, 0.6) is 0 Å². The van der Waals surface area contributed by atoms with E-state index in [1.54, 1.807) is 12.5 Å². The molecule has 4 aliphatic rings. The summed E-state index contributed by atoms with van der Waals surface area (Å²) in [5.41, 5.74) is 5.09. The van der Waals surface area contributed by atoms with Gasteiger partial charge in [-0.3, -0.25) is 9.59 Å². The van der Waals surface area contributed by atoms with Gasteiger partial charge in [0.2, 0.25) is 0 Å². The zero-order valence-corrected chi connectivity index (χ0v) is 16.2. The molecule has 0 aliphatic heterocycles. The Morgan fingerprint density at radius 3 is 2.56 bits per heavy atom. The molecule has 2 fully saturated rings. The van der Waals surface area contributed by atoms with Crippen LogP contribution in [-0.2, 0) is 9.59 Å². The molecular formula is C23H30O2. The van der Waals surface area contributed by atoms with E-state index < -0.39 is 0 Å². The monoisotopic (exact) mass is 338 g/mol. The summed E-state index contributed by atoms with van der Waals surface area (Å²) >= 11 is 0. The van der Waals surface area contributed by atoms with E-state index >= 15 is 0 Å². The number of rotatable bonds is 1. The first-order valence-electron chi connectivity index (χ1n) is 9.85. The number of fused-ring (bicyclic) bond motifs is 5. The van der Waals surface area contributed by atoms with E-state index in [1.165, 1.54) is 17.6 Å². The molecule has 0 bridgehead atoms. The summed E-state index contributed by atoms with van der Waals surface area (Å²) in [6, 6.07) is 0. The second-order valence-corrected chi connectivity index (χ2v) is 9.27. The first-order valence-corrected chi connectivity index (χ1v) is 9.85. The molecular weight excluding hydrogens is 308 g/mol. The molecule has 0 heterocycles. The van der Waals surface area contributed by atoms with Gasteiger partial charge >= 0.3 is 0 Å². The van der Waals surface area contributed by atoms with Crippen LogP contribution in [0.15, 0.2) is 34.4 Å². The van der Waals surface area contributed by atoms with Crippen LogP contribution in [-0.4, -0.2) is 11.6 Å². The van der Waals surface area contributed by atoms with Crippen LogP contribution in [0.1, 0.15) is 66.7 Å². The SMILES string of the molecule is CC(=O)[C@@H]1CC[C@H]2[C@@H]3CCC4=CC(=O)C(C)=C(C)[C@]4(C)C3=CC[C@]12C. The number of hydrogen-bond acceptors (Lipinski definition) is 2. The molecule has 0 aromatic heterocycles. The summed E-state index contributed by atoms with van der Waals surface area (Å²) < 4.78 is 0. The molecule has 0 radical (unpaired) electrons. The fraction of sp³-hybridized carbons (Fsp3) is 0.652. The summed E-state index contributed by atoms with van der Waals surface area (Å²) in [6.45, 7) is 10.6. The molecule has 0 unspecified atom stereocenters. The first kappa shape index (κ1) is 17.0. The van der Waals surface area contributed by atoms with Crippen molar-refractivity contribution in [3.63, 3.8) is 0 Å². The van der Waals surface area contributed by atoms with Gasteiger partial charge < -0.3 is 0 Å². The molecule has 0 saturated heterocycles. The van der Waals surface area contributed by atoms with Gasteiger partial charge in [0.1, 0.15) is 5.78 Å². The van der Waals surface area contributed by atoms with Crippen molar-refractivity contribution in [2.24, 2.45) is 28.6 Å². The zero-order chi connectivity index (χ0) is 18.1. The summed E-state index contributed by atoms with van der Waals surface area (Å²) in [5.74, 6) is 1.99. The highest BCUT2D eigenvalue weighted by molar-refractivity contribution is 6.06. The van der Waals surface area contributed by atoms with Crippen LogP contribution in [0.4, 0.5) is 0 Å². The maximum Gasteiger partial charge on any atom is 0.181 e.